The third-order valence-electron chi connectivity index (χ3n) is 2.54. The molecule has 0 aromatic rings. The fraction of sp³-hybridized carbons (Fsp3) is 0.909. The molecule has 0 aliphatic heterocycles. The summed E-state index contributed by atoms with van der Waals surface area (Å²) >= 11 is 0. The van der Waals surface area contributed by atoms with Crippen LogP contribution in [0.3, 0.4) is 0 Å². The van der Waals surface area contributed by atoms with Gasteiger partial charge in [-0.25, -0.2) is 0 Å². The number of aliphatic hydroxyl groups excluding tert-OH is 1. The summed E-state index contributed by atoms with van der Waals surface area (Å²) in [5.74, 6) is 0.107. The highest BCUT2D eigenvalue weighted by Gasteiger charge is 2.23. The number of amides is 1. The summed E-state index contributed by atoms with van der Waals surface area (Å²) < 4.78 is 4.84. The van der Waals surface area contributed by atoms with E-state index in [0.717, 1.165) is 12.8 Å². The van der Waals surface area contributed by atoms with Crippen LogP contribution in [0.1, 0.15) is 19.3 Å². The van der Waals surface area contributed by atoms with Crippen molar-refractivity contribution < 1.29 is 14.6 Å². The van der Waals surface area contributed by atoms with Crippen LogP contribution in [-0.4, -0.2) is 61.9 Å². The molecule has 1 amide bonds. The van der Waals surface area contributed by atoms with Crippen molar-refractivity contribution in [1.82, 2.24) is 10.2 Å². The average Bonchev–Trinajstić information content (AvgIpc) is 2.99. The quantitative estimate of drug-likeness (QED) is 0.595. The first-order valence-corrected chi connectivity index (χ1v) is 5.76. The van der Waals surface area contributed by atoms with E-state index < -0.39 is 6.10 Å². The van der Waals surface area contributed by atoms with E-state index in [0.29, 0.717) is 32.2 Å². The maximum absolute atomic E-state index is 11.4. The van der Waals surface area contributed by atoms with Crippen molar-refractivity contribution in [2.75, 3.05) is 33.9 Å². The van der Waals surface area contributed by atoms with Crippen LogP contribution in [0.15, 0.2) is 0 Å². The number of methoxy groups -OCH3 is 1. The van der Waals surface area contributed by atoms with Crippen LogP contribution in [0.2, 0.25) is 0 Å². The Morgan fingerprint density at radius 1 is 1.62 bits per heavy atom. The number of carbonyl (C=O) groups excluding carboxylic acids is 1. The van der Waals surface area contributed by atoms with Crippen LogP contribution < -0.4 is 5.32 Å². The summed E-state index contributed by atoms with van der Waals surface area (Å²) in [5.41, 5.74) is 0. The molecule has 1 atom stereocenters. The molecule has 1 aliphatic rings. The summed E-state index contributed by atoms with van der Waals surface area (Å²) in [6, 6.07) is 0.428. The van der Waals surface area contributed by atoms with Gasteiger partial charge < -0.3 is 20.1 Å². The van der Waals surface area contributed by atoms with Crippen molar-refractivity contribution in [3.05, 3.63) is 0 Å². The predicted molar refractivity (Wildman–Crippen MR) is 61.2 cm³/mol. The predicted octanol–water partition coefficient (Wildman–Crippen LogP) is -0.406. The van der Waals surface area contributed by atoms with Crippen LogP contribution in [0, 0.1) is 0 Å². The van der Waals surface area contributed by atoms with Gasteiger partial charge in [0, 0.05) is 32.7 Å². The lowest BCUT2D eigenvalue weighted by molar-refractivity contribution is -0.121. The van der Waals surface area contributed by atoms with Gasteiger partial charge in [0.25, 0.3) is 0 Å². The van der Waals surface area contributed by atoms with Gasteiger partial charge in [-0.3, -0.25) is 4.79 Å². The largest absolute Gasteiger partial charge is 0.389 e. The highest BCUT2D eigenvalue weighted by atomic mass is 16.5. The Labute approximate surface area is 96.8 Å². The standard InChI is InChI=1S/C11H22N2O3/c1-13(7-10(14)8-16-2)6-5-11(15)12-9-3-4-9/h9-10,14H,3-8H2,1-2H3,(H,12,15). The van der Waals surface area contributed by atoms with Gasteiger partial charge in [0.1, 0.15) is 0 Å². The lowest BCUT2D eigenvalue weighted by atomic mass is 10.3. The summed E-state index contributed by atoms with van der Waals surface area (Å²) in [6.07, 6.45) is 2.25. The molecule has 16 heavy (non-hydrogen) atoms. The molecule has 1 fully saturated rings. The molecule has 0 heterocycles. The minimum atomic E-state index is -0.485. The first kappa shape index (κ1) is 13.4. The van der Waals surface area contributed by atoms with Gasteiger partial charge in [0.15, 0.2) is 0 Å². The van der Waals surface area contributed by atoms with Crippen LogP contribution in [-0.2, 0) is 9.53 Å². The zero-order valence-electron chi connectivity index (χ0n) is 10.1. The van der Waals surface area contributed by atoms with Crippen LogP contribution >= 0.6 is 0 Å². The molecular weight excluding hydrogens is 208 g/mol. The van der Waals surface area contributed by atoms with Crippen molar-refractivity contribution in [2.45, 2.75) is 31.4 Å². The minimum Gasteiger partial charge on any atom is -0.389 e. The van der Waals surface area contributed by atoms with E-state index in [1.54, 1.807) is 7.11 Å². The normalized spacial score (nSPS) is 17.5. The zero-order chi connectivity index (χ0) is 12.0. The fourth-order valence-corrected chi connectivity index (χ4v) is 1.52. The smallest absolute Gasteiger partial charge is 0.221 e. The molecule has 0 spiro atoms. The molecule has 1 aliphatic carbocycles. The van der Waals surface area contributed by atoms with E-state index >= 15 is 0 Å². The zero-order valence-corrected chi connectivity index (χ0v) is 10.1. The molecule has 1 saturated carbocycles. The van der Waals surface area contributed by atoms with Gasteiger partial charge in [-0.15, -0.1) is 0 Å². The van der Waals surface area contributed by atoms with Crippen molar-refractivity contribution in [1.29, 1.82) is 0 Å². The van der Waals surface area contributed by atoms with Gasteiger partial charge in [0.2, 0.25) is 5.91 Å². The number of rotatable bonds is 8. The number of nitrogens with one attached hydrogen (secondary N) is 1. The second-order valence-electron chi connectivity index (χ2n) is 4.46. The summed E-state index contributed by atoms with van der Waals surface area (Å²) in [5, 5.41) is 12.4. The Kier molecular flexibility index (Phi) is 5.73. The Morgan fingerprint density at radius 3 is 2.88 bits per heavy atom. The highest BCUT2D eigenvalue weighted by molar-refractivity contribution is 5.76. The van der Waals surface area contributed by atoms with Crippen LogP contribution in [0.25, 0.3) is 0 Å². The number of nitrogens with zero attached hydrogens (tertiary/aromatic N) is 1. The number of aliphatic hydroxyl groups is 1. The number of hydrogen-bond acceptors (Lipinski definition) is 4. The van der Waals surface area contributed by atoms with E-state index in [-0.39, 0.29) is 5.91 Å². The average molecular weight is 230 g/mol. The second kappa shape index (κ2) is 6.83. The van der Waals surface area contributed by atoms with E-state index in [1.807, 2.05) is 11.9 Å². The van der Waals surface area contributed by atoms with Crippen LogP contribution in [0.5, 0.6) is 0 Å². The molecule has 0 aromatic carbocycles. The summed E-state index contributed by atoms with van der Waals surface area (Å²) in [4.78, 5) is 13.3. The Hall–Kier alpha value is -0.650. The number of hydrogen-bond donors (Lipinski definition) is 2. The monoisotopic (exact) mass is 230 g/mol. The Morgan fingerprint density at radius 2 is 2.31 bits per heavy atom. The van der Waals surface area contributed by atoms with Gasteiger partial charge in [-0.1, -0.05) is 0 Å². The maximum Gasteiger partial charge on any atom is 0.221 e. The number of carbonyl (C=O) groups is 1. The van der Waals surface area contributed by atoms with Crippen molar-refractivity contribution in [3.8, 4) is 0 Å². The molecule has 0 bridgehead atoms. The van der Waals surface area contributed by atoms with Gasteiger partial charge >= 0.3 is 0 Å². The first-order chi connectivity index (χ1) is 7.61. The first-order valence-electron chi connectivity index (χ1n) is 5.76. The van der Waals surface area contributed by atoms with E-state index in [1.165, 1.54) is 0 Å². The van der Waals surface area contributed by atoms with Crippen molar-refractivity contribution >= 4 is 5.91 Å². The third-order valence-corrected chi connectivity index (χ3v) is 2.54. The highest BCUT2D eigenvalue weighted by Crippen LogP contribution is 2.18. The van der Waals surface area contributed by atoms with E-state index in [4.69, 9.17) is 4.74 Å². The molecule has 1 rings (SSSR count). The summed E-state index contributed by atoms with van der Waals surface area (Å²) in [6.45, 7) is 1.53. The molecule has 0 saturated heterocycles. The molecule has 2 N–H and O–H groups in total. The summed E-state index contributed by atoms with van der Waals surface area (Å²) in [7, 11) is 3.45. The van der Waals surface area contributed by atoms with E-state index in [9.17, 15) is 9.90 Å². The molecular formula is C11H22N2O3. The molecule has 5 nitrogen and oxygen atoms in total. The lowest BCUT2D eigenvalue weighted by Crippen LogP contribution is -2.35. The number of likely N-dealkylation sites (N-methyl/N-ethyl adjacent to an activating group) is 1. The lowest BCUT2D eigenvalue weighted by Gasteiger charge is -2.19. The molecule has 94 valence electrons. The van der Waals surface area contributed by atoms with Gasteiger partial charge in [-0.2, -0.15) is 0 Å². The molecule has 5 heteroatoms. The minimum absolute atomic E-state index is 0.107. The third kappa shape index (κ3) is 6.05. The van der Waals surface area contributed by atoms with E-state index in [2.05, 4.69) is 5.32 Å². The Bertz CT molecular complexity index is 219. The Balaban J connectivity index is 2.03. The maximum atomic E-state index is 11.4. The second-order valence-corrected chi connectivity index (χ2v) is 4.46. The molecule has 1 unspecified atom stereocenters. The fourth-order valence-electron chi connectivity index (χ4n) is 1.52. The van der Waals surface area contributed by atoms with Crippen LogP contribution in [0.4, 0.5) is 0 Å². The van der Waals surface area contributed by atoms with Gasteiger partial charge in [0.05, 0.1) is 12.7 Å². The molecule has 0 radical (unpaired) electrons. The topological polar surface area (TPSA) is 61.8 Å². The number of ether oxygens (including phenoxy) is 1. The SMILES string of the molecule is COCC(O)CN(C)CCC(=O)NC1CC1. The molecule has 0 aromatic heterocycles. The van der Waals surface area contributed by atoms with Crippen molar-refractivity contribution in [3.63, 3.8) is 0 Å². The van der Waals surface area contributed by atoms with Crippen molar-refractivity contribution in [2.24, 2.45) is 0 Å². The van der Waals surface area contributed by atoms with Gasteiger partial charge in [-0.05, 0) is 19.9 Å².